The number of phenolic OH excluding ortho intramolecular Hbond substituents is 1. The zero-order valence-electron chi connectivity index (χ0n) is 27.9. The summed E-state index contributed by atoms with van der Waals surface area (Å²) in [5, 5.41) is 11.4. The Kier molecular flexibility index (Phi) is 8.45. The van der Waals surface area contributed by atoms with E-state index in [0.717, 1.165) is 81.7 Å². The van der Waals surface area contributed by atoms with E-state index in [-0.39, 0.29) is 17.6 Å². The summed E-state index contributed by atoms with van der Waals surface area (Å²) in [6.45, 7) is 3.15. The van der Waals surface area contributed by atoms with Crippen LogP contribution in [0.15, 0.2) is 36.4 Å². The molecule has 2 aliphatic heterocycles. The van der Waals surface area contributed by atoms with Crippen LogP contribution in [0.1, 0.15) is 107 Å². The van der Waals surface area contributed by atoms with Crippen molar-refractivity contribution in [1.29, 1.82) is 0 Å². The van der Waals surface area contributed by atoms with Crippen molar-refractivity contribution in [1.82, 2.24) is 9.80 Å². The van der Waals surface area contributed by atoms with Crippen LogP contribution in [0, 0.1) is 17.8 Å². The number of benzene rings is 2. The van der Waals surface area contributed by atoms with E-state index >= 15 is 0 Å². The summed E-state index contributed by atoms with van der Waals surface area (Å²) >= 11 is 0. The molecule has 0 aromatic heterocycles. The van der Waals surface area contributed by atoms with Crippen molar-refractivity contribution in [2.75, 3.05) is 26.7 Å². The van der Waals surface area contributed by atoms with Crippen LogP contribution in [0.2, 0.25) is 0 Å². The first kappa shape index (κ1) is 30.6. The predicted molar refractivity (Wildman–Crippen MR) is 181 cm³/mol. The topological polar surface area (TPSA) is 62.2 Å². The highest BCUT2D eigenvalue weighted by Crippen LogP contribution is 2.66. The molecule has 0 unspecified atom stereocenters. The van der Waals surface area contributed by atoms with Crippen LogP contribution in [-0.4, -0.2) is 65.7 Å². The maximum atomic E-state index is 14.4. The number of phenols is 1. The molecule has 2 aromatic carbocycles. The Balaban J connectivity index is 1.07. The molecule has 0 radical (unpaired) electrons. The molecule has 1 amide bonds. The lowest BCUT2D eigenvalue weighted by Crippen LogP contribution is -2.69. The minimum absolute atomic E-state index is 0.0656. The molecular weight excluding hydrogens is 572 g/mol. The monoisotopic (exact) mass is 626 g/mol. The highest BCUT2D eigenvalue weighted by Gasteiger charge is 2.67. The molecule has 3 saturated carbocycles. The Morgan fingerprint density at radius 1 is 1.02 bits per heavy atom. The Bertz CT molecular complexity index is 1400. The first-order valence-electron chi connectivity index (χ1n) is 18.7. The van der Waals surface area contributed by atoms with Gasteiger partial charge >= 0.3 is 0 Å². The zero-order valence-corrected chi connectivity index (χ0v) is 27.9. The molecule has 8 rings (SSSR count). The largest absolute Gasteiger partial charge is 0.508 e. The second-order valence-corrected chi connectivity index (χ2v) is 15.7. The van der Waals surface area contributed by atoms with Gasteiger partial charge in [0, 0.05) is 48.2 Å². The van der Waals surface area contributed by atoms with Gasteiger partial charge in [-0.05, 0) is 100 Å². The van der Waals surface area contributed by atoms with Crippen LogP contribution < -0.4 is 9.47 Å². The number of amides is 1. The molecule has 248 valence electrons. The van der Waals surface area contributed by atoms with Crippen molar-refractivity contribution in [2.45, 2.75) is 126 Å². The minimum atomic E-state index is -0.163. The lowest BCUT2D eigenvalue weighted by Gasteiger charge is -2.60. The number of aryl methyl sites for hydroxylation is 1. The molecule has 2 aromatic rings. The van der Waals surface area contributed by atoms with Gasteiger partial charge in [0.15, 0.2) is 11.5 Å². The third-order valence-corrected chi connectivity index (χ3v) is 13.0. The van der Waals surface area contributed by atoms with Gasteiger partial charge in [-0.15, -0.1) is 0 Å². The lowest BCUT2D eigenvalue weighted by molar-refractivity contribution is -0.144. The highest BCUT2D eigenvalue weighted by molar-refractivity contribution is 5.77. The van der Waals surface area contributed by atoms with Crippen LogP contribution in [0.5, 0.6) is 17.2 Å². The molecule has 4 aliphatic carbocycles. The third-order valence-electron chi connectivity index (χ3n) is 13.0. The molecule has 1 spiro atoms. The fourth-order valence-corrected chi connectivity index (χ4v) is 10.6. The Labute approximate surface area is 275 Å². The van der Waals surface area contributed by atoms with E-state index in [1.807, 2.05) is 0 Å². The van der Waals surface area contributed by atoms with E-state index in [1.165, 1.54) is 62.6 Å². The number of methoxy groups -OCH3 is 1. The van der Waals surface area contributed by atoms with Crippen LogP contribution in [0.4, 0.5) is 0 Å². The number of piperidine rings is 1. The van der Waals surface area contributed by atoms with Gasteiger partial charge in [0.05, 0.1) is 13.2 Å². The van der Waals surface area contributed by atoms with Crippen molar-refractivity contribution < 1.29 is 19.4 Å². The summed E-state index contributed by atoms with van der Waals surface area (Å²) in [7, 11) is 1.69. The summed E-state index contributed by atoms with van der Waals surface area (Å²) in [4.78, 5) is 19.5. The molecule has 6 nitrogen and oxygen atoms in total. The van der Waals surface area contributed by atoms with E-state index in [2.05, 4.69) is 40.1 Å². The van der Waals surface area contributed by atoms with Gasteiger partial charge in [0.25, 0.3) is 0 Å². The van der Waals surface area contributed by atoms with Gasteiger partial charge < -0.3 is 19.5 Å². The molecule has 1 N–H and O–H groups in total. The Morgan fingerprint density at radius 2 is 1.85 bits per heavy atom. The van der Waals surface area contributed by atoms with E-state index in [1.54, 1.807) is 13.2 Å². The van der Waals surface area contributed by atoms with Crippen LogP contribution in [-0.2, 0) is 23.1 Å². The number of ether oxygens (including phenoxy) is 2. The molecule has 2 bridgehead atoms. The Morgan fingerprint density at radius 3 is 2.63 bits per heavy atom. The molecule has 46 heavy (non-hydrogen) atoms. The average Bonchev–Trinajstić information content (AvgIpc) is 3.84. The number of carbonyl (C=O) groups excluding carboxylic acids is 1. The van der Waals surface area contributed by atoms with E-state index in [9.17, 15) is 9.90 Å². The molecular formula is C40H54N2O4. The summed E-state index contributed by atoms with van der Waals surface area (Å²) < 4.78 is 13.0. The number of unbranched alkanes of at least 4 members (excludes halogenated alkanes) is 2. The first-order valence-corrected chi connectivity index (χ1v) is 18.7. The maximum absolute atomic E-state index is 14.4. The highest BCUT2D eigenvalue weighted by atomic mass is 16.5. The number of hydrogen-bond acceptors (Lipinski definition) is 5. The lowest BCUT2D eigenvalue weighted by atomic mass is 9.50. The summed E-state index contributed by atoms with van der Waals surface area (Å²) in [5.41, 5.74) is 3.54. The Hall–Kier alpha value is -2.73. The maximum Gasteiger partial charge on any atom is 0.222 e. The first-order chi connectivity index (χ1) is 22.6. The molecule has 1 saturated heterocycles. The summed E-state index contributed by atoms with van der Waals surface area (Å²) in [6, 6.07) is 13.0. The molecule has 2 heterocycles. The van der Waals surface area contributed by atoms with Crippen molar-refractivity contribution in [3.05, 3.63) is 53.1 Å². The number of nitrogens with zero attached hydrogens (tertiary/aromatic N) is 2. The quantitative estimate of drug-likeness (QED) is 0.248. The number of carbonyl (C=O) groups is 1. The average molecular weight is 627 g/mol. The molecule has 4 fully saturated rings. The van der Waals surface area contributed by atoms with Crippen LogP contribution in [0.3, 0.4) is 0 Å². The molecule has 5 atom stereocenters. The van der Waals surface area contributed by atoms with Crippen molar-refractivity contribution >= 4 is 5.91 Å². The van der Waals surface area contributed by atoms with E-state index < -0.39 is 0 Å². The zero-order chi connectivity index (χ0) is 31.3. The normalized spacial score (nSPS) is 30.0. The second kappa shape index (κ2) is 12.7. The van der Waals surface area contributed by atoms with Crippen molar-refractivity contribution in [2.24, 2.45) is 17.8 Å². The fourth-order valence-electron chi connectivity index (χ4n) is 10.6. The number of aromatic hydroxyl groups is 1. The SMILES string of the molecule is COc1cc(O)c2c3c1O[C@H]1[C@H](N(CC4CCCCC4)C(=O)CCCCCc4ccccc4)CC[C@H]4[C@@H](C2)N(CC2CC2)CC[C@@]341. The molecule has 6 heteroatoms. The van der Waals surface area contributed by atoms with Gasteiger partial charge in [-0.2, -0.15) is 0 Å². The predicted octanol–water partition coefficient (Wildman–Crippen LogP) is 7.43. The minimum Gasteiger partial charge on any atom is -0.508 e. The summed E-state index contributed by atoms with van der Waals surface area (Å²) in [5.74, 6) is 4.13. The van der Waals surface area contributed by atoms with E-state index in [4.69, 9.17) is 9.47 Å². The third kappa shape index (κ3) is 5.41. The van der Waals surface area contributed by atoms with Gasteiger partial charge in [-0.25, -0.2) is 0 Å². The van der Waals surface area contributed by atoms with Gasteiger partial charge in [0.1, 0.15) is 11.9 Å². The van der Waals surface area contributed by atoms with Gasteiger partial charge in [-0.3, -0.25) is 9.69 Å². The number of likely N-dealkylation sites (tertiary alicyclic amines) is 1. The van der Waals surface area contributed by atoms with Crippen molar-refractivity contribution in [3.63, 3.8) is 0 Å². The van der Waals surface area contributed by atoms with Gasteiger partial charge in [0.2, 0.25) is 5.91 Å². The van der Waals surface area contributed by atoms with Crippen LogP contribution >= 0.6 is 0 Å². The number of hydrogen-bond donors (Lipinski definition) is 1. The van der Waals surface area contributed by atoms with E-state index in [0.29, 0.717) is 41.7 Å². The standard InChI is InChI=1S/C40H54N2O4/c1-45-35-24-34(43)30-23-33-31-19-20-32(39-40(31,37(30)38(35)46-39)21-22-41(33)25-29-17-18-29)42(26-28-14-8-3-9-15-28)36(44)16-10-4-7-13-27-11-5-2-6-12-27/h2,5-6,11-12,24,28-29,31-33,39,43H,3-4,7-10,13-23,25-26H2,1H3/t31-,32+,33+,39-,40-/m0/s1. The second-order valence-electron chi connectivity index (χ2n) is 15.7. The fraction of sp³-hybridized carbons (Fsp3) is 0.675. The molecule has 6 aliphatic rings. The van der Waals surface area contributed by atoms with Crippen LogP contribution in [0.25, 0.3) is 0 Å². The van der Waals surface area contributed by atoms with Crippen molar-refractivity contribution in [3.8, 4) is 17.2 Å². The van der Waals surface area contributed by atoms with Gasteiger partial charge in [-0.1, -0.05) is 56.0 Å². The smallest absolute Gasteiger partial charge is 0.222 e. The summed E-state index contributed by atoms with van der Waals surface area (Å²) in [6.07, 6.45) is 17.9. The number of rotatable bonds is 12.